The van der Waals surface area contributed by atoms with Crippen LogP contribution in [0, 0.1) is 11.3 Å². The molecule has 1 atom stereocenters. The number of hydrogen-bond acceptors (Lipinski definition) is 4. The molecular weight excluding hydrogens is 276 g/mol. The zero-order valence-corrected chi connectivity index (χ0v) is 12.2. The predicted molar refractivity (Wildman–Crippen MR) is 77.6 cm³/mol. The van der Waals surface area contributed by atoms with E-state index in [0.29, 0.717) is 0 Å². The third-order valence-electron chi connectivity index (χ3n) is 4.37. The SMILES string of the molecule is C[C@@H](NC(=O)C1CC2(C=NC3=C(CCS3)C2)C1)C(=O)O. The molecule has 2 heterocycles. The number of nitrogens with zero attached hydrogens (tertiary/aromatic N) is 1. The lowest BCUT2D eigenvalue weighted by molar-refractivity contribution is -0.143. The van der Waals surface area contributed by atoms with Gasteiger partial charge in [-0.05, 0) is 38.2 Å². The van der Waals surface area contributed by atoms with Gasteiger partial charge in [-0.15, -0.1) is 11.8 Å². The fourth-order valence-electron chi connectivity index (χ4n) is 3.19. The topological polar surface area (TPSA) is 78.8 Å². The molecule has 1 fully saturated rings. The van der Waals surface area contributed by atoms with E-state index in [1.54, 1.807) is 0 Å². The van der Waals surface area contributed by atoms with Crippen molar-refractivity contribution >= 4 is 29.9 Å². The molecule has 0 aromatic heterocycles. The molecule has 1 spiro atoms. The summed E-state index contributed by atoms with van der Waals surface area (Å²) in [5.41, 5.74) is 1.49. The Kier molecular flexibility index (Phi) is 3.36. The van der Waals surface area contributed by atoms with Gasteiger partial charge in [0.05, 0.1) is 5.03 Å². The summed E-state index contributed by atoms with van der Waals surface area (Å²) in [5.74, 6) is -0.0821. The van der Waals surface area contributed by atoms with Crippen molar-refractivity contribution in [1.29, 1.82) is 0 Å². The molecule has 0 aromatic carbocycles. The monoisotopic (exact) mass is 294 g/mol. The summed E-state index contributed by atoms with van der Waals surface area (Å²) in [5, 5.41) is 12.5. The van der Waals surface area contributed by atoms with Crippen LogP contribution in [0.3, 0.4) is 0 Å². The Balaban J connectivity index is 1.55. The van der Waals surface area contributed by atoms with E-state index in [-0.39, 0.29) is 17.2 Å². The summed E-state index contributed by atoms with van der Waals surface area (Å²) in [6.45, 7) is 1.49. The number of thioether (sulfide) groups is 1. The Morgan fingerprint density at radius 3 is 3.00 bits per heavy atom. The molecule has 108 valence electrons. The van der Waals surface area contributed by atoms with Crippen molar-refractivity contribution in [2.24, 2.45) is 16.3 Å². The maximum atomic E-state index is 12.0. The fourth-order valence-corrected chi connectivity index (χ4v) is 4.24. The molecule has 3 rings (SSSR count). The number of amides is 1. The van der Waals surface area contributed by atoms with E-state index in [1.807, 2.05) is 18.0 Å². The van der Waals surface area contributed by atoms with Crippen molar-refractivity contribution in [3.05, 3.63) is 10.6 Å². The van der Waals surface area contributed by atoms with Gasteiger partial charge in [0, 0.05) is 23.3 Å². The quantitative estimate of drug-likeness (QED) is 0.832. The number of nitrogens with one attached hydrogen (secondary N) is 1. The van der Waals surface area contributed by atoms with Crippen LogP contribution in [0.2, 0.25) is 0 Å². The number of rotatable bonds is 3. The molecule has 5 nitrogen and oxygen atoms in total. The predicted octanol–water partition coefficient (Wildman–Crippen LogP) is 1.80. The Hall–Kier alpha value is -1.30. The summed E-state index contributed by atoms with van der Waals surface area (Å²) < 4.78 is 0. The van der Waals surface area contributed by atoms with E-state index in [9.17, 15) is 9.59 Å². The van der Waals surface area contributed by atoms with Crippen molar-refractivity contribution in [3.63, 3.8) is 0 Å². The number of carboxylic acid groups (broad SMARTS) is 1. The van der Waals surface area contributed by atoms with E-state index in [2.05, 4.69) is 10.3 Å². The van der Waals surface area contributed by atoms with Gasteiger partial charge >= 0.3 is 5.97 Å². The van der Waals surface area contributed by atoms with Crippen LogP contribution in [0.1, 0.15) is 32.6 Å². The smallest absolute Gasteiger partial charge is 0.325 e. The van der Waals surface area contributed by atoms with Gasteiger partial charge in [0.1, 0.15) is 6.04 Å². The van der Waals surface area contributed by atoms with Crippen LogP contribution >= 0.6 is 11.8 Å². The molecule has 0 radical (unpaired) electrons. The van der Waals surface area contributed by atoms with Crippen molar-refractivity contribution < 1.29 is 14.7 Å². The maximum absolute atomic E-state index is 12.0. The van der Waals surface area contributed by atoms with Gasteiger partial charge in [-0.2, -0.15) is 0 Å². The Labute approximate surface area is 121 Å². The highest BCUT2D eigenvalue weighted by Crippen LogP contribution is 2.53. The van der Waals surface area contributed by atoms with E-state index in [0.717, 1.165) is 31.4 Å². The summed E-state index contributed by atoms with van der Waals surface area (Å²) in [4.78, 5) is 27.2. The number of hydrogen-bond donors (Lipinski definition) is 2. The molecule has 0 unspecified atom stereocenters. The second kappa shape index (κ2) is 4.91. The molecule has 0 saturated heterocycles. The zero-order valence-electron chi connectivity index (χ0n) is 11.4. The maximum Gasteiger partial charge on any atom is 0.325 e. The van der Waals surface area contributed by atoms with E-state index >= 15 is 0 Å². The first kappa shape index (κ1) is 13.7. The number of allylic oxidation sites excluding steroid dienone is 1. The minimum Gasteiger partial charge on any atom is -0.480 e. The molecule has 1 aliphatic carbocycles. The highest BCUT2D eigenvalue weighted by Gasteiger charge is 2.48. The first-order valence-corrected chi connectivity index (χ1v) is 7.91. The molecule has 1 saturated carbocycles. The lowest BCUT2D eigenvalue weighted by Gasteiger charge is -2.46. The van der Waals surface area contributed by atoms with Crippen LogP contribution in [0.15, 0.2) is 15.6 Å². The van der Waals surface area contributed by atoms with Crippen molar-refractivity contribution in [3.8, 4) is 0 Å². The molecule has 0 bridgehead atoms. The molecule has 2 N–H and O–H groups in total. The van der Waals surface area contributed by atoms with Crippen LogP contribution in [-0.4, -0.2) is 35.0 Å². The number of aliphatic imine (C=N–C) groups is 1. The number of carbonyl (C=O) groups excluding carboxylic acids is 1. The summed E-state index contributed by atoms with van der Waals surface area (Å²) in [6.07, 6.45) is 5.74. The Morgan fingerprint density at radius 2 is 2.30 bits per heavy atom. The van der Waals surface area contributed by atoms with Gasteiger partial charge in [0.25, 0.3) is 0 Å². The molecular formula is C14H18N2O3S. The third kappa shape index (κ3) is 2.37. The molecule has 6 heteroatoms. The van der Waals surface area contributed by atoms with E-state index in [4.69, 9.17) is 5.11 Å². The summed E-state index contributed by atoms with van der Waals surface area (Å²) >= 11 is 1.82. The lowest BCUT2D eigenvalue weighted by atomic mass is 9.59. The van der Waals surface area contributed by atoms with Crippen LogP contribution < -0.4 is 5.32 Å². The van der Waals surface area contributed by atoms with Crippen molar-refractivity contribution in [2.45, 2.75) is 38.6 Å². The van der Waals surface area contributed by atoms with Crippen LogP contribution in [0.25, 0.3) is 0 Å². The van der Waals surface area contributed by atoms with Gasteiger partial charge < -0.3 is 10.4 Å². The third-order valence-corrected chi connectivity index (χ3v) is 5.45. The van der Waals surface area contributed by atoms with Gasteiger partial charge in [-0.25, -0.2) is 0 Å². The Bertz CT molecular complexity index is 521. The highest BCUT2D eigenvalue weighted by atomic mass is 32.2. The molecule has 1 amide bonds. The first-order chi connectivity index (χ1) is 9.49. The molecule has 20 heavy (non-hydrogen) atoms. The minimum atomic E-state index is -0.996. The summed E-state index contributed by atoms with van der Waals surface area (Å²) in [7, 11) is 0. The van der Waals surface area contributed by atoms with Gasteiger partial charge in [-0.3, -0.25) is 14.6 Å². The molecule has 3 aliphatic rings. The lowest BCUT2D eigenvalue weighted by Crippen LogP contribution is -2.50. The van der Waals surface area contributed by atoms with Gasteiger partial charge in [0.15, 0.2) is 0 Å². The van der Waals surface area contributed by atoms with Crippen LogP contribution in [0.4, 0.5) is 0 Å². The van der Waals surface area contributed by atoms with Gasteiger partial charge in [-0.1, -0.05) is 0 Å². The number of aliphatic carboxylic acids is 1. The van der Waals surface area contributed by atoms with E-state index in [1.165, 1.54) is 17.5 Å². The largest absolute Gasteiger partial charge is 0.480 e. The summed E-state index contributed by atoms with van der Waals surface area (Å²) in [6, 6.07) is -0.820. The van der Waals surface area contributed by atoms with Crippen LogP contribution in [0.5, 0.6) is 0 Å². The minimum absolute atomic E-state index is 0.0538. The average molecular weight is 294 g/mol. The zero-order chi connectivity index (χ0) is 14.3. The first-order valence-electron chi connectivity index (χ1n) is 6.92. The average Bonchev–Trinajstić information content (AvgIpc) is 2.82. The van der Waals surface area contributed by atoms with Gasteiger partial charge in [0.2, 0.25) is 5.91 Å². The Morgan fingerprint density at radius 1 is 1.55 bits per heavy atom. The second-order valence-corrected chi connectivity index (χ2v) is 7.06. The number of carboxylic acids is 1. The molecule has 2 aliphatic heterocycles. The highest BCUT2D eigenvalue weighted by molar-refractivity contribution is 8.03. The van der Waals surface area contributed by atoms with Crippen molar-refractivity contribution in [1.82, 2.24) is 5.32 Å². The van der Waals surface area contributed by atoms with E-state index < -0.39 is 12.0 Å². The van der Waals surface area contributed by atoms with Crippen molar-refractivity contribution in [2.75, 3.05) is 5.75 Å². The molecule has 0 aromatic rings. The number of carbonyl (C=O) groups is 2. The fraction of sp³-hybridized carbons (Fsp3) is 0.643. The normalized spacial score (nSPS) is 32.8. The standard InChI is InChI=1S/C14H18N2O3S/c1-8(13(18)19)16-11(17)10-5-14(6-10)4-9-2-3-20-12(9)15-7-14/h7-8,10H,2-6H2,1H3,(H,16,17)(H,18,19)/t8-,10?,14?/m1/s1. The van der Waals surface area contributed by atoms with Crippen LogP contribution in [-0.2, 0) is 9.59 Å². The second-order valence-electron chi connectivity index (χ2n) is 5.98.